The minimum atomic E-state index is -0.291. The molecule has 0 aromatic heterocycles. The predicted molar refractivity (Wildman–Crippen MR) is 81.2 cm³/mol. The van der Waals surface area contributed by atoms with Gasteiger partial charge in [0, 0.05) is 5.41 Å². The van der Waals surface area contributed by atoms with Gasteiger partial charge < -0.3 is 10.5 Å². The van der Waals surface area contributed by atoms with E-state index < -0.39 is 0 Å². The zero-order chi connectivity index (χ0) is 14.0. The van der Waals surface area contributed by atoms with Crippen LogP contribution in [0.1, 0.15) is 40.2 Å². The number of rotatable bonds is 4. The molecule has 0 heterocycles. The molecule has 1 aromatic rings. The van der Waals surface area contributed by atoms with Crippen LogP contribution in [0.15, 0.2) is 24.3 Å². The zero-order valence-corrected chi connectivity index (χ0v) is 12.7. The van der Waals surface area contributed by atoms with Gasteiger partial charge in [0.15, 0.2) is 0 Å². The van der Waals surface area contributed by atoms with Crippen LogP contribution in [0.25, 0.3) is 0 Å². The highest BCUT2D eigenvalue weighted by Gasteiger charge is 2.24. The van der Waals surface area contributed by atoms with Gasteiger partial charge in [-0.1, -0.05) is 65.0 Å². The van der Waals surface area contributed by atoms with E-state index in [0.29, 0.717) is 11.6 Å². The summed E-state index contributed by atoms with van der Waals surface area (Å²) in [6.45, 7) is 11.0. The van der Waals surface area contributed by atoms with Crippen molar-refractivity contribution < 1.29 is 4.74 Å². The third kappa shape index (κ3) is 3.70. The summed E-state index contributed by atoms with van der Waals surface area (Å²) in [4.78, 5) is 0.482. The lowest BCUT2D eigenvalue weighted by Crippen LogP contribution is -2.35. The van der Waals surface area contributed by atoms with E-state index in [1.54, 1.807) is 0 Å². The molecule has 3 heteroatoms. The van der Waals surface area contributed by atoms with Crippen molar-refractivity contribution in [3.8, 4) is 5.75 Å². The van der Waals surface area contributed by atoms with Crippen molar-refractivity contribution in [3.63, 3.8) is 0 Å². The molecule has 2 nitrogen and oxygen atoms in total. The molecule has 0 saturated carbocycles. The summed E-state index contributed by atoms with van der Waals surface area (Å²) in [5.74, 6) is 0.911. The number of hydrogen-bond donors (Lipinski definition) is 1. The molecule has 100 valence electrons. The first kappa shape index (κ1) is 15.0. The largest absolute Gasteiger partial charge is 0.492 e. The highest BCUT2D eigenvalue weighted by molar-refractivity contribution is 7.80. The third-order valence-corrected chi connectivity index (χ3v) is 3.50. The van der Waals surface area contributed by atoms with E-state index in [0.717, 1.165) is 5.75 Å². The van der Waals surface area contributed by atoms with Gasteiger partial charge in [-0.2, -0.15) is 0 Å². The van der Waals surface area contributed by atoms with Gasteiger partial charge >= 0.3 is 0 Å². The lowest BCUT2D eigenvalue weighted by atomic mass is 9.86. The molecular formula is C15H23NOS. The summed E-state index contributed by atoms with van der Waals surface area (Å²) >= 11 is 5.05. The van der Waals surface area contributed by atoms with Crippen molar-refractivity contribution in [2.24, 2.45) is 11.1 Å². The van der Waals surface area contributed by atoms with Crippen LogP contribution in [0, 0.1) is 5.41 Å². The Kier molecular flexibility index (Phi) is 4.38. The Bertz CT molecular complexity index is 432. The van der Waals surface area contributed by atoms with Crippen LogP contribution in [0.4, 0.5) is 0 Å². The number of nitrogens with two attached hydrogens (primary N) is 1. The molecule has 0 aliphatic carbocycles. The summed E-state index contributed by atoms with van der Waals surface area (Å²) < 4.78 is 5.92. The summed E-state index contributed by atoms with van der Waals surface area (Å²) in [6.07, 6.45) is 0. The molecule has 1 aromatic carbocycles. The van der Waals surface area contributed by atoms with Gasteiger partial charge in [-0.05, 0) is 17.0 Å². The van der Waals surface area contributed by atoms with Crippen LogP contribution < -0.4 is 10.5 Å². The number of hydrogen-bond acceptors (Lipinski definition) is 2. The maximum atomic E-state index is 5.92. The van der Waals surface area contributed by atoms with Crippen molar-refractivity contribution >= 4 is 17.2 Å². The average Bonchev–Trinajstić information content (AvgIpc) is 2.25. The van der Waals surface area contributed by atoms with Crippen LogP contribution in [0.2, 0.25) is 0 Å². The Balaban J connectivity index is 2.90. The summed E-state index contributed by atoms with van der Waals surface area (Å²) in [5.41, 5.74) is 6.68. The molecule has 0 bridgehead atoms. The monoisotopic (exact) mass is 265 g/mol. The number of ether oxygens (including phenoxy) is 1. The first-order valence-corrected chi connectivity index (χ1v) is 6.57. The molecule has 0 atom stereocenters. The van der Waals surface area contributed by atoms with E-state index in [4.69, 9.17) is 22.7 Å². The molecule has 0 unspecified atom stereocenters. The number of para-hydroxylation sites is 1. The van der Waals surface area contributed by atoms with Crippen molar-refractivity contribution in [1.82, 2.24) is 0 Å². The molecule has 0 aliphatic rings. The molecule has 0 amide bonds. The normalized spacial score (nSPS) is 12.3. The lowest BCUT2D eigenvalue weighted by molar-refractivity contribution is 0.232. The molecule has 2 N–H and O–H groups in total. The standard InChI is InChI=1S/C15H23NOS/c1-14(2,3)11-8-6-7-9-12(11)17-10-15(4,5)13(16)18/h6-9H,10H2,1-5H3,(H2,16,18). The second-order valence-electron chi connectivity index (χ2n) is 6.28. The van der Waals surface area contributed by atoms with Crippen molar-refractivity contribution in [2.75, 3.05) is 6.61 Å². The highest BCUT2D eigenvalue weighted by atomic mass is 32.1. The molecule has 18 heavy (non-hydrogen) atoms. The van der Waals surface area contributed by atoms with Crippen molar-refractivity contribution in [1.29, 1.82) is 0 Å². The minimum absolute atomic E-state index is 0.0595. The molecular weight excluding hydrogens is 242 g/mol. The van der Waals surface area contributed by atoms with E-state index in [1.165, 1.54) is 5.56 Å². The number of thiocarbonyl (C=S) groups is 1. The van der Waals surface area contributed by atoms with E-state index in [2.05, 4.69) is 26.8 Å². The average molecular weight is 265 g/mol. The Morgan fingerprint density at radius 2 is 1.72 bits per heavy atom. The van der Waals surface area contributed by atoms with Crippen LogP contribution in [0.3, 0.4) is 0 Å². The van der Waals surface area contributed by atoms with Crippen molar-refractivity contribution in [3.05, 3.63) is 29.8 Å². The second-order valence-corrected chi connectivity index (χ2v) is 6.72. The molecule has 0 saturated heterocycles. The Labute approximate surface area is 116 Å². The summed E-state index contributed by atoms with van der Waals surface area (Å²) in [7, 11) is 0. The lowest BCUT2D eigenvalue weighted by Gasteiger charge is -2.27. The van der Waals surface area contributed by atoms with Gasteiger partial charge in [-0.3, -0.25) is 0 Å². The topological polar surface area (TPSA) is 35.2 Å². The molecule has 1 rings (SSSR count). The van der Waals surface area contributed by atoms with Gasteiger partial charge in [0.1, 0.15) is 5.75 Å². The van der Waals surface area contributed by atoms with Crippen LogP contribution >= 0.6 is 12.2 Å². The van der Waals surface area contributed by atoms with Gasteiger partial charge in [-0.15, -0.1) is 0 Å². The smallest absolute Gasteiger partial charge is 0.123 e. The van der Waals surface area contributed by atoms with E-state index >= 15 is 0 Å². The van der Waals surface area contributed by atoms with E-state index in [9.17, 15) is 0 Å². The Morgan fingerprint density at radius 3 is 2.22 bits per heavy atom. The fraction of sp³-hybridized carbons (Fsp3) is 0.533. The quantitative estimate of drug-likeness (QED) is 0.844. The van der Waals surface area contributed by atoms with Gasteiger partial charge in [0.2, 0.25) is 0 Å². The Hall–Kier alpha value is -1.09. The predicted octanol–water partition coefficient (Wildman–Crippen LogP) is 3.68. The van der Waals surface area contributed by atoms with Crippen LogP contribution in [0.5, 0.6) is 5.75 Å². The molecule has 0 spiro atoms. The van der Waals surface area contributed by atoms with Gasteiger partial charge in [-0.25, -0.2) is 0 Å². The number of benzene rings is 1. The molecule has 0 radical (unpaired) electrons. The summed E-state index contributed by atoms with van der Waals surface area (Å²) in [5, 5.41) is 0. The van der Waals surface area contributed by atoms with Crippen molar-refractivity contribution in [2.45, 2.75) is 40.0 Å². The van der Waals surface area contributed by atoms with Crippen LogP contribution in [-0.2, 0) is 5.41 Å². The fourth-order valence-corrected chi connectivity index (χ4v) is 1.60. The maximum Gasteiger partial charge on any atom is 0.123 e. The van der Waals surface area contributed by atoms with Gasteiger partial charge in [0.05, 0.1) is 11.6 Å². The fourth-order valence-electron chi connectivity index (χ4n) is 1.54. The molecule has 0 fully saturated rings. The highest BCUT2D eigenvalue weighted by Crippen LogP contribution is 2.32. The minimum Gasteiger partial charge on any atom is -0.492 e. The molecule has 0 aliphatic heterocycles. The second kappa shape index (κ2) is 5.27. The Morgan fingerprint density at radius 1 is 1.17 bits per heavy atom. The third-order valence-electron chi connectivity index (χ3n) is 2.95. The van der Waals surface area contributed by atoms with E-state index in [-0.39, 0.29) is 10.8 Å². The van der Waals surface area contributed by atoms with Crippen LogP contribution in [-0.4, -0.2) is 11.6 Å². The summed E-state index contributed by atoms with van der Waals surface area (Å²) in [6, 6.07) is 8.11. The first-order valence-electron chi connectivity index (χ1n) is 6.17. The first-order chi connectivity index (χ1) is 8.14. The SMILES string of the molecule is CC(C)(COc1ccccc1C(C)(C)C)C(N)=S. The van der Waals surface area contributed by atoms with E-state index in [1.807, 2.05) is 32.0 Å². The zero-order valence-electron chi connectivity index (χ0n) is 11.9. The van der Waals surface area contributed by atoms with Gasteiger partial charge in [0.25, 0.3) is 0 Å². The maximum absolute atomic E-state index is 5.92.